The van der Waals surface area contributed by atoms with Gasteiger partial charge in [-0.2, -0.15) is 5.10 Å². The van der Waals surface area contributed by atoms with Crippen molar-refractivity contribution in [3.05, 3.63) is 35.4 Å². The molecule has 2 heterocycles. The normalized spacial score (nSPS) is 22.7. The van der Waals surface area contributed by atoms with E-state index < -0.39 is 0 Å². The predicted octanol–water partition coefficient (Wildman–Crippen LogP) is 2.68. The van der Waals surface area contributed by atoms with E-state index in [4.69, 9.17) is 0 Å². The number of hydrogen-bond donors (Lipinski definition) is 3. The van der Waals surface area contributed by atoms with E-state index in [1.54, 1.807) is 0 Å². The van der Waals surface area contributed by atoms with Gasteiger partial charge >= 0.3 is 0 Å². The monoisotopic (exact) mass is 282 g/mol. The van der Waals surface area contributed by atoms with Crippen molar-refractivity contribution in [1.82, 2.24) is 15.5 Å². The Morgan fingerprint density at radius 1 is 1.29 bits per heavy atom. The standard InChI is InChI=1S/C17H22N4/c1-17(2)9-13-15(12-5-3-4-6-14(12)17)20-21-16(13)19-11-7-8-18-10-11/h3-6,11,18H,7-10H2,1-2H3,(H2,19,20,21). The number of nitrogens with zero attached hydrogens (tertiary/aromatic N) is 1. The van der Waals surface area contributed by atoms with E-state index in [9.17, 15) is 0 Å². The number of nitrogens with one attached hydrogen (secondary N) is 3. The molecule has 1 fully saturated rings. The van der Waals surface area contributed by atoms with Crippen LogP contribution in [0.4, 0.5) is 5.82 Å². The van der Waals surface area contributed by atoms with Crippen LogP contribution in [0.1, 0.15) is 31.4 Å². The first-order valence-corrected chi connectivity index (χ1v) is 7.79. The van der Waals surface area contributed by atoms with Gasteiger partial charge in [-0.25, -0.2) is 0 Å². The number of H-pyrrole nitrogens is 1. The van der Waals surface area contributed by atoms with Crippen molar-refractivity contribution in [2.45, 2.75) is 38.1 Å². The van der Waals surface area contributed by atoms with E-state index in [2.05, 4.69) is 58.9 Å². The highest BCUT2D eigenvalue weighted by molar-refractivity contribution is 5.76. The van der Waals surface area contributed by atoms with Crippen LogP contribution in [0.3, 0.4) is 0 Å². The summed E-state index contributed by atoms with van der Waals surface area (Å²) in [5.74, 6) is 1.04. The van der Waals surface area contributed by atoms with Crippen LogP contribution in [0.2, 0.25) is 0 Å². The topological polar surface area (TPSA) is 52.7 Å². The SMILES string of the molecule is CC1(C)Cc2c(NC3CCNC3)n[nH]c2-c2ccccc21. The van der Waals surface area contributed by atoms with Crippen LogP contribution in [0.25, 0.3) is 11.3 Å². The number of aromatic nitrogens is 2. The summed E-state index contributed by atoms with van der Waals surface area (Å²) in [6.07, 6.45) is 2.19. The number of benzene rings is 1. The van der Waals surface area contributed by atoms with Gasteiger partial charge in [0.1, 0.15) is 0 Å². The molecule has 0 spiro atoms. The molecule has 3 N–H and O–H groups in total. The van der Waals surface area contributed by atoms with E-state index in [0.717, 1.165) is 25.3 Å². The smallest absolute Gasteiger partial charge is 0.151 e. The number of fused-ring (bicyclic) bond motifs is 3. The molecule has 1 aliphatic carbocycles. The first-order chi connectivity index (χ1) is 10.1. The highest BCUT2D eigenvalue weighted by Gasteiger charge is 2.34. The molecule has 4 heteroatoms. The number of rotatable bonds is 2. The third kappa shape index (κ3) is 2.05. The van der Waals surface area contributed by atoms with Crippen molar-refractivity contribution in [1.29, 1.82) is 0 Å². The largest absolute Gasteiger partial charge is 0.364 e. The van der Waals surface area contributed by atoms with E-state index in [-0.39, 0.29) is 5.41 Å². The van der Waals surface area contributed by atoms with Crippen molar-refractivity contribution in [2.75, 3.05) is 18.4 Å². The molecule has 1 aromatic heterocycles. The van der Waals surface area contributed by atoms with E-state index in [1.807, 2.05) is 0 Å². The maximum Gasteiger partial charge on any atom is 0.151 e. The van der Waals surface area contributed by atoms with Gasteiger partial charge in [0.2, 0.25) is 0 Å². The van der Waals surface area contributed by atoms with Crippen molar-refractivity contribution in [2.24, 2.45) is 0 Å². The molecular weight excluding hydrogens is 260 g/mol. The van der Waals surface area contributed by atoms with Gasteiger partial charge < -0.3 is 10.6 Å². The summed E-state index contributed by atoms with van der Waals surface area (Å²) in [7, 11) is 0. The Morgan fingerprint density at radius 2 is 2.14 bits per heavy atom. The minimum atomic E-state index is 0.151. The Labute approximate surface area is 125 Å². The van der Waals surface area contributed by atoms with Gasteiger partial charge in [-0.05, 0) is 30.4 Å². The molecule has 4 rings (SSSR count). The van der Waals surface area contributed by atoms with Crippen LogP contribution in [0.15, 0.2) is 24.3 Å². The van der Waals surface area contributed by atoms with Crippen molar-refractivity contribution in [3.63, 3.8) is 0 Å². The van der Waals surface area contributed by atoms with Gasteiger partial charge in [-0.15, -0.1) is 0 Å². The summed E-state index contributed by atoms with van der Waals surface area (Å²) in [4.78, 5) is 0. The van der Waals surface area contributed by atoms with Crippen LogP contribution in [0.5, 0.6) is 0 Å². The Bertz CT molecular complexity index is 665. The minimum Gasteiger partial charge on any atom is -0.364 e. The molecular formula is C17H22N4. The second-order valence-electron chi connectivity index (χ2n) is 6.87. The van der Waals surface area contributed by atoms with Crippen molar-refractivity contribution >= 4 is 5.82 Å². The minimum absolute atomic E-state index is 0.151. The fraction of sp³-hybridized carbons (Fsp3) is 0.471. The summed E-state index contributed by atoms with van der Waals surface area (Å²) in [6, 6.07) is 9.18. The predicted molar refractivity (Wildman–Crippen MR) is 85.7 cm³/mol. The highest BCUT2D eigenvalue weighted by atomic mass is 15.2. The molecule has 0 saturated carbocycles. The quantitative estimate of drug-likeness (QED) is 0.794. The number of anilines is 1. The van der Waals surface area contributed by atoms with E-state index in [0.29, 0.717) is 6.04 Å². The van der Waals surface area contributed by atoms with Gasteiger partial charge in [0.05, 0.1) is 5.69 Å². The Balaban J connectivity index is 1.76. The Kier molecular flexibility index (Phi) is 2.82. The maximum absolute atomic E-state index is 4.56. The third-order valence-corrected chi connectivity index (χ3v) is 4.81. The summed E-state index contributed by atoms with van der Waals surface area (Å²) >= 11 is 0. The fourth-order valence-electron chi connectivity index (χ4n) is 3.68. The molecule has 110 valence electrons. The summed E-state index contributed by atoms with van der Waals surface area (Å²) in [6.45, 7) is 6.77. The molecule has 0 radical (unpaired) electrons. The Morgan fingerprint density at radius 3 is 2.95 bits per heavy atom. The van der Waals surface area contributed by atoms with Crippen molar-refractivity contribution < 1.29 is 0 Å². The van der Waals surface area contributed by atoms with E-state index >= 15 is 0 Å². The van der Waals surface area contributed by atoms with Gasteiger partial charge in [0, 0.05) is 23.7 Å². The molecule has 2 aromatic rings. The molecule has 21 heavy (non-hydrogen) atoms. The van der Waals surface area contributed by atoms with E-state index in [1.165, 1.54) is 28.8 Å². The summed E-state index contributed by atoms with van der Waals surface area (Å²) in [5.41, 5.74) is 5.39. The number of hydrogen-bond acceptors (Lipinski definition) is 3. The molecule has 0 bridgehead atoms. The molecule has 4 nitrogen and oxygen atoms in total. The molecule has 1 aliphatic heterocycles. The maximum atomic E-state index is 4.56. The van der Waals surface area contributed by atoms with Crippen LogP contribution in [-0.4, -0.2) is 29.3 Å². The lowest BCUT2D eigenvalue weighted by Gasteiger charge is -2.32. The zero-order chi connectivity index (χ0) is 14.4. The first kappa shape index (κ1) is 12.9. The number of aromatic amines is 1. The average molecular weight is 282 g/mol. The van der Waals surface area contributed by atoms with Gasteiger partial charge in [0.15, 0.2) is 5.82 Å². The molecule has 1 saturated heterocycles. The summed E-state index contributed by atoms with van der Waals surface area (Å²) in [5, 5.41) is 14.8. The van der Waals surface area contributed by atoms with Crippen LogP contribution < -0.4 is 10.6 Å². The lowest BCUT2D eigenvalue weighted by molar-refractivity contribution is 0.517. The molecule has 0 amide bonds. The average Bonchev–Trinajstić information content (AvgIpc) is 3.10. The van der Waals surface area contributed by atoms with Crippen molar-refractivity contribution in [3.8, 4) is 11.3 Å². The Hall–Kier alpha value is -1.81. The molecule has 1 unspecified atom stereocenters. The molecule has 1 atom stereocenters. The lowest BCUT2D eigenvalue weighted by Crippen LogP contribution is -2.27. The second-order valence-corrected chi connectivity index (χ2v) is 6.87. The zero-order valence-corrected chi connectivity index (χ0v) is 12.7. The highest BCUT2D eigenvalue weighted by Crippen LogP contribution is 2.44. The van der Waals surface area contributed by atoms with Crippen LogP contribution >= 0.6 is 0 Å². The van der Waals surface area contributed by atoms with Gasteiger partial charge in [0.25, 0.3) is 0 Å². The molecule has 1 aromatic carbocycles. The molecule has 2 aliphatic rings. The van der Waals surface area contributed by atoms with Gasteiger partial charge in [-0.3, -0.25) is 5.10 Å². The van der Waals surface area contributed by atoms with Crippen LogP contribution in [0, 0.1) is 0 Å². The summed E-state index contributed by atoms with van der Waals surface area (Å²) < 4.78 is 0. The lowest BCUT2D eigenvalue weighted by atomic mass is 9.72. The second kappa shape index (κ2) is 4.60. The van der Waals surface area contributed by atoms with Gasteiger partial charge in [-0.1, -0.05) is 38.1 Å². The first-order valence-electron chi connectivity index (χ1n) is 7.79. The third-order valence-electron chi connectivity index (χ3n) is 4.81. The van der Waals surface area contributed by atoms with Crippen LogP contribution in [-0.2, 0) is 11.8 Å². The fourth-order valence-corrected chi connectivity index (χ4v) is 3.68. The zero-order valence-electron chi connectivity index (χ0n) is 12.7.